The SMILES string of the molecule is CNc1cc(NC(C)c2nc(C)cs2)nc(C)n1. The number of hydrogen-bond donors (Lipinski definition) is 2. The van der Waals surface area contributed by atoms with E-state index in [2.05, 4.69) is 37.9 Å². The van der Waals surface area contributed by atoms with Crippen molar-refractivity contribution >= 4 is 23.0 Å². The van der Waals surface area contributed by atoms with E-state index in [9.17, 15) is 0 Å². The van der Waals surface area contributed by atoms with Crippen molar-refractivity contribution in [2.24, 2.45) is 0 Å². The lowest BCUT2D eigenvalue weighted by Gasteiger charge is -2.13. The van der Waals surface area contributed by atoms with Gasteiger partial charge < -0.3 is 10.6 Å². The third-order valence-corrected chi connectivity index (χ3v) is 3.61. The summed E-state index contributed by atoms with van der Waals surface area (Å²) in [5.74, 6) is 2.37. The highest BCUT2D eigenvalue weighted by molar-refractivity contribution is 7.09. The van der Waals surface area contributed by atoms with E-state index in [4.69, 9.17) is 0 Å². The van der Waals surface area contributed by atoms with Gasteiger partial charge in [0.2, 0.25) is 0 Å². The van der Waals surface area contributed by atoms with Crippen molar-refractivity contribution in [3.8, 4) is 0 Å². The number of nitrogens with zero attached hydrogens (tertiary/aromatic N) is 3. The topological polar surface area (TPSA) is 62.7 Å². The molecule has 0 aliphatic heterocycles. The fraction of sp³-hybridized carbons (Fsp3) is 0.417. The Hall–Kier alpha value is -1.69. The van der Waals surface area contributed by atoms with Gasteiger partial charge in [-0.1, -0.05) is 0 Å². The van der Waals surface area contributed by atoms with Crippen molar-refractivity contribution in [2.75, 3.05) is 17.7 Å². The molecule has 0 aliphatic rings. The second kappa shape index (κ2) is 5.30. The Labute approximate surface area is 111 Å². The molecule has 2 aromatic rings. The van der Waals surface area contributed by atoms with Gasteiger partial charge in [-0.25, -0.2) is 15.0 Å². The fourth-order valence-corrected chi connectivity index (χ4v) is 2.43. The van der Waals surface area contributed by atoms with Gasteiger partial charge in [-0.2, -0.15) is 0 Å². The highest BCUT2D eigenvalue weighted by atomic mass is 32.1. The van der Waals surface area contributed by atoms with Gasteiger partial charge in [-0.3, -0.25) is 0 Å². The lowest BCUT2D eigenvalue weighted by Crippen LogP contribution is -2.09. The van der Waals surface area contributed by atoms with Crippen molar-refractivity contribution in [2.45, 2.75) is 26.8 Å². The first kappa shape index (κ1) is 12.8. The molecule has 0 bridgehead atoms. The minimum atomic E-state index is 0.141. The largest absolute Gasteiger partial charge is 0.373 e. The predicted octanol–water partition coefficient (Wildman–Crippen LogP) is 2.76. The van der Waals surface area contributed by atoms with Gasteiger partial charge >= 0.3 is 0 Å². The Balaban J connectivity index is 2.16. The van der Waals surface area contributed by atoms with Gasteiger partial charge in [0.05, 0.1) is 6.04 Å². The summed E-state index contributed by atoms with van der Waals surface area (Å²) in [7, 11) is 1.85. The van der Waals surface area contributed by atoms with Crippen LogP contribution in [0, 0.1) is 13.8 Å². The Kier molecular flexibility index (Phi) is 3.76. The summed E-state index contributed by atoms with van der Waals surface area (Å²) in [5.41, 5.74) is 1.05. The molecule has 2 heterocycles. The summed E-state index contributed by atoms with van der Waals surface area (Å²) < 4.78 is 0. The summed E-state index contributed by atoms with van der Waals surface area (Å²) in [4.78, 5) is 13.1. The molecule has 0 radical (unpaired) electrons. The molecule has 0 amide bonds. The van der Waals surface area contributed by atoms with Crippen LogP contribution in [0.15, 0.2) is 11.4 Å². The molecule has 0 fully saturated rings. The molecule has 96 valence electrons. The average molecular weight is 263 g/mol. The minimum absolute atomic E-state index is 0.141. The minimum Gasteiger partial charge on any atom is -0.373 e. The van der Waals surface area contributed by atoms with Crippen molar-refractivity contribution in [1.29, 1.82) is 0 Å². The Morgan fingerprint density at radius 3 is 2.50 bits per heavy atom. The smallest absolute Gasteiger partial charge is 0.132 e. The first-order valence-electron chi connectivity index (χ1n) is 5.80. The summed E-state index contributed by atoms with van der Waals surface area (Å²) in [6, 6.07) is 2.03. The molecule has 0 saturated carbocycles. The molecular weight excluding hydrogens is 246 g/mol. The average Bonchev–Trinajstić information content (AvgIpc) is 2.75. The van der Waals surface area contributed by atoms with E-state index in [-0.39, 0.29) is 6.04 Å². The second-order valence-corrected chi connectivity index (χ2v) is 5.02. The molecule has 0 saturated heterocycles. The van der Waals surface area contributed by atoms with Gasteiger partial charge in [-0.15, -0.1) is 11.3 Å². The van der Waals surface area contributed by atoms with Crippen LogP contribution in [-0.2, 0) is 0 Å². The normalized spacial score (nSPS) is 12.2. The van der Waals surface area contributed by atoms with Crippen molar-refractivity contribution in [3.63, 3.8) is 0 Å². The van der Waals surface area contributed by atoms with E-state index in [1.807, 2.05) is 27.0 Å². The van der Waals surface area contributed by atoms with Crippen LogP contribution in [-0.4, -0.2) is 22.0 Å². The molecule has 2 rings (SSSR count). The number of rotatable bonds is 4. The van der Waals surface area contributed by atoms with E-state index in [0.29, 0.717) is 0 Å². The van der Waals surface area contributed by atoms with E-state index in [1.54, 1.807) is 11.3 Å². The highest BCUT2D eigenvalue weighted by Crippen LogP contribution is 2.22. The number of anilines is 2. The fourth-order valence-electron chi connectivity index (χ4n) is 1.62. The molecule has 0 aromatic carbocycles. The maximum absolute atomic E-state index is 4.47. The lowest BCUT2D eigenvalue weighted by molar-refractivity contribution is 0.850. The van der Waals surface area contributed by atoms with Crippen LogP contribution < -0.4 is 10.6 Å². The molecule has 0 aliphatic carbocycles. The van der Waals surface area contributed by atoms with E-state index < -0.39 is 0 Å². The number of thiazole rings is 1. The van der Waals surface area contributed by atoms with Gasteiger partial charge in [0, 0.05) is 24.2 Å². The van der Waals surface area contributed by atoms with Crippen LogP contribution in [0.1, 0.15) is 29.5 Å². The predicted molar refractivity (Wildman–Crippen MR) is 75.2 cm³/mol. The maximum Gasteiger partial charge on any atom is 0.132 e. The molecule has 5 nitrogen and oxygen atoms in total. The van der Waals surface area contributed by atoms with E-state index in [1.165, 1.54) is 0 Å². The molecule has 18 heavy (non-hydrogen) atoms. The number of aryl methyl sites for hydroxylation is 2. The third-order valence-electron chi connectivity index (χ3n) is 2.47. The van der Waals surface area contributed by atoms with Crippen LogP contribution in [0.25, 0.3) is 0 Å². The van der Waals surface area contributed by atoms with Gasteiger partial charge in [0.15, 0.2) is 0 Å². The Morgan fingerprint density at radius 1 is 1.17 bits per heavy atom. The number of nitrogens with one attached hydrogen (secondary N) is 2. The lowest BCUT2D eigenvalue weighted by atomic mass is 10.3. The summed E-state index contributed by atoms with van der Waals surface area (Å²) in [6.07, 6.45) is 0. The summed E-state index contributed by atoms with van der Waals surface area (Å²) >= 11 is 1.66. The quantitative estimate of drug-likeness (QED) is 0.888. The molecular formula is C12H17N5S. The molecule has 1 atom stereocenters. The monoisotopic (exact) mass is 263 g/mol. The first-order valence-corrected chi connectivity index (χ1v) is 6.68. The standard InChI is InChI=1S/C12H17N5S/c1-7-6-18-12(14-7)8(2)15-11-5-10(13-4)16-9(3)17-11/h5-6,8H,1-4H3,(H2,13,15,16,17). The van der Waals surface area contributed by atoms with Gasteiger partial charge in [-0.05, 0) is 20.8 Å². The molecule has 0 spiro atoms. The molecule has 6 heteroatoms. The molecule has 1 unspecified atom stereocenters. The summed E-state index contributed by atoms with van der Waals surface area (Å²) in [5, 5.41) is 9.48. The summed E-state index contributed by atoms with van der Waals surface area (Å²) in [6.45, 7) is 5.96. The van der Waals surface area contributed by atoms with Gasteiger partial charge in [0.1, 0.15) is 22.5 Å². The van der Waals surface area contributed by atoms with Crippen LogP contribution >= 0.6 is 11.3 Å². The maximum atomic E-state index is 4.47. The Morgan fingerprint density at radius 2 is 1.89 bits per heavy atom. The van der Waals surface area contributed by atoms with Crippen LogP contribution in [0.2, 0.25) is 0 Å². The second-order valence-electron chi connectivity index (χ2n) is 4.13. The first-order chi connectivity index (χ1) is 8.58. The molecule has 2 aromatic heterocycles. The van der Waals surface area contributed by atoms with Gasteiger partial charge in [0.25, 0.3) is 0 Å². The number of hydrogen-bond acceptors (Lipinski definition) is 6. The van der Waals surface area contributed by atoms with Crippen LogP contribution in [0.5, 0.6) is 0 Å². The zero-order valence-electron chi connectivity index (χ0n) is 11.0. The van der Waals surface area contributed by atoms with E-state index in [0.717, 1.165) is 28.2 Å². The van der Waals surface area contributed by atoms with Crippen molar-refractivity contribution in [3.05, 3.63) is 28.0 Å². The Bertz CT molecular complexity index is 537. The highest BCUT2D eigenvalue weighted by Gasteiger charge is 2.10. The van der Waals surface area contributed by atoms with Crippen LogP contribution in [0.4, 0.5) is 11.6 Å². The third kappa shape index (κ3) is 2.95. The van der Waals surface area contributed by atoms with Crippen LogP contribution in [0.3, 0.4) is 0 Å². The molecule has 2 N–H and O–H groups in total. The van der Waals surface area contributed by atoms with E-state index >= 15 is 0 Å². The van der Waals surface area contributed by atoms with Crippen molar-refractivity contribution < 1.29 is 0 Å². The zero-order valence-corrected chi connectivity index (χ0v) is 11.8. The van der Waals surface area contributed by atoms with Crippen molar-refractivity contribution in [1.82, 2.24) is 15.0 Å². The zero-order chi connectivity index (χ0) is 13.1. The number of aromatic nitrogens is 3.